The molecule has 1 rings (SSSR count). The third kappa shape index (κ3) is 2.43. The number of anilines is 1. The van der Waals surface area contributed by atoms with Gasteiger partial charge in [0.05, 0.1) is 11.9 Å². The van der Waals surface area contributed by atoms with Crippen molar-refractivity contribution in [1.29, 1.82) is 0 Å². The maximum absolute atomic E-state index is 11.0. The summed E-state index contributed by atoms with van der Waals surface area (Å²) >= 11 is 0. The molecule has 0 aromatic carbocycles. The molecule has 1 amide bonds. The second-order valence-electron chi connectivity index (χ2n) is 3.26. The van der Waals surface area contributed by atoms with E-state index in [0.29, 0.717) is 12.1 Å². The van der Waals surface area contributed by atoms with Crippen molar-refractivity contribution in [2.75, 3.05) is 18.5 Å². The van der Waals surface area contributed by atoms with Gasteiger partial charge < -0.3 is 10.6 Å². The number of carbonyl (C=O) groups is 1. The highest BCUT2D eigenvalue weighted by Gasteiger charge is 2.12. The third-order valence-electron chi connectivity index (χ3n) is 2.27. The maximum atomic E-state index is 11.0. The van der Waals surface area contributed by atoms with Crippen LogP contribution in [0.4, 0.5) is 5.82 Å². The molecule has 0 saturated carbocycles. The molecule has 0 bridgehead atoms. The van der Waals surface area contributed by atoms with E-state index >= 15 is 0 Å². The standard InChI is InChI=1S/C10H16N4O/c1-4-7-9(10(11)15)12-6-8(13-7)14(3)5-2/h6H,4-5H2,1-3H3,(H2,11,15). The fourth-order valence-electron chi connectivity index (χ4n) is 1.22. The fraction of sp³-hybridized carbons (Fsp3) is 0.500. The Morgan fingerprint density at radius 2 is 2.20 bits per heavy atom. The molecule has 15 heavy (non-hydrogen) atoms. The number of nitrogens with two attached hydrogens (primary N) is 1. The lowest BCUT2D eigenvalue weighted by molar-refractivity contribution is 0.0994. The minimum Gasteiger partial charge on any atom is -0.364 e. The Hall–Kier alpha value is -1.65. The summed E-state index contributed by atoms with van der Waals surface area (Å²) < 4.78 is 0. The van der Waals surface area contributed by atoms with Crippen LogP contribution in [0.15, 0.2) is 6.20 Å². The first-order chi connectivity index (χ1) is 7.10. The van der Waals surface area contributed by atoms with Crippen molar-refractivity contribution < 1.29 is 4.79 Å². The number of hydrogen-bond donors (Lipinski definition) is 1. The summed E-state index contributed by atoms with van der Waals surface area (Å²) in [5, 5.41) is 0. The first-order valence-electron chi connectivity index (χ1n) is 4.97. The van der Waals surface area contributed by atoms with Crippen LogP contribution in [0, 0.1) is 0 Å². The van der Waals surface area contributed by atoms with Crippen LogP contribution < -0.4 is 10.6 Å². The van der Waals surface area contributed by atoms with Gasteiger partial charge in [0.25, 0.3) is 5.91 Å². The summed E-state index contributed by atoms with van der Waals surface area (Å²) in [6.45, 7) is 4.79. The van der Waals surface area contributed by atoms with Crippen LogP contribution in [-0.4, -0.2) is 29.5 Å². The maximum Gasteiger partial charge on any atom is 0.269 e. The Labute approximate surface area is 89.3 Å². The zero-order chi connectivity index (χ0) is 11.4. The number of amides is 1. The fourth-order valence-corrected chi connectivity index (χ4v) is 1.22. The number of carbonyl (C=O) groups excluding carboxylic acids is 1. The molecule has 0 spiro atoms. The van der Waals surface area contributed by atoms with E-state index in [2.05, 4.69) is 9.97 Å². The van der Waals surface area contributed by atoms with Crippen molar-refractivity contribution in [3.8, 4) is 0 Å². The largest absolute Gasteiger partial charge is 0.364 e. The molecule has 1 aromatic rings. The van der Waals surface area contributed by atoms with E-state index in [9.17, 15) is 4.79 Å². The van der Waals surface area contributed by atoms with E-state index in [1.165, 1.54) is 0 Å². The molecular weight excluding hydrogens is 192 g/mol. The summed E-state index contributed by atoms with van der Waals surface area (Å²) in [5.74, 6) is 0.240. The first-order valence-corrected chi connectivity index (χ1v) is 4.97. The van der Waals surface area contributed by atoms with Gasteiger partial charge in [-0.1, -0.05) is 6.92 Å². The van der Waals surface area contributed by atoms with E-state index < -0.39 is 5.91 Å². The van der Waals surface area contributed by atoms with Crippen LogP contribution in [0.3, 0.4) is 0 Å². The van der Waals surface area contributed by atoms with Gasteiger partial charge in [-0.05, 0) is 13.3 Å². The number of rotatable bonds is 4. The topological polar surface area (TPSA) is 72.1 Å². The zero-order valence-corrected chi connectivity index (χ0v) is 9.32. The second kappa shape index (κ2) is 4.72. The van der Waals surface area contributed by atoms with E-state index in [1.807, 2.05) is 25.8 Å². The molecule has 0 atom stereocenters. The summed E-state index contributed by atoms with van der Waals surface area (Å²) in [6.07, 6.45) is 2.22. The number of aromatic nitrogens is 2. The normalized spacial score (nSPS) is 10.1. The number of primary amides is 1. The van der Waals surface area contributed by atoms with Crippen molar-refractivity contribution in [3.63, 3.8) is 0 Å². The molecule has 0 fully saturated rings. The summed E-state index contributed by atoms with van der Waals surface area (Å²) in [7, 11) is 1.92. The highest BCUT2D eigenvalue weighted by molar-refractivity contribution is 5.91. The number of hydrogen-bond acceptors (Lipinski definition) is 4. The van der Waals surface area contributed by atoms with E-state index in [1.54, 1.807) is 6.20 Å². The molecular formula is C10H16N4O. The lowest BCUT2D eigenvalue weighted by Gasteiger charge is -2.16. The molecule has 1 heterocycles. The Balaban J connectivity index is 3.13. The van der Waals surface area contributed by atoms with E-state index in [-0.39, 0.29) is 5.69 Å². The number of aryl methyl sites for hydroxylation is 1. The Bertz CT molecular complexity index is 364. The van der Waals surface area contributed by atoms with Crippen molar-refractivity contribution >= 4 is 11.7 Å². The molecule has 5 heteroatoms. The molecule has 0 aliphatic carbocycles. The lowest BCUT2D eigenvalue weighted by Crippen LogP contribution is -2.21. The van der Waals surface area contributed by atoms with Gasteiger partial charge in [0.2, 0.25) is 0 Å². The molecule has 0 saturated heterocycles. The molecule has 0 unspecified atom stereocenters. The molecule has 0 radical (unpaired) electrons. The van der Waals surface area contributed by atoms with Crippen LogP contribution >= 0.6 is 0 Å². The van der Waals surface area contributed by atoms with Crippen molar-refractivity contribution in [2.24, 2.45) is 5.73 Å². The zero-order valence-electron chi connectivity index (χ0n) is 9.32. The summed E-state index contributed by atoms with van der Waals surface area (Å²) in [5.41, 5.74) is 6.12. The van der Waals surface area contributed by atoms with Gasteiger partial charge in [0.15, 0.2) is 0 Å². The molecule has 82 valence electrons. The van der Waals surface area contributed by atoms with Gasteiger partial charge in [-0.25, -0.2) is 9.97 Å². The summed E-state index contributed by atoms with van der Waals surface area (Å²) in [4.78, 5) is 21.4. The van der Waals surface area contributed by atoms with Gasteiger partial charge in [-0.15, -0.1) is 0 Å². The minimum absolute atomic E-state index is 0.269. The number of nitrogens with zero attached hydrogens (tertiary/aromatic N) is 3. The quantitative estimate of drug-likeness (QED) is 0.786. The minimum atomic E-state index is -0.523. The molecule has 1 aromatic heterocycles. The van der Waals surface area contributed by atoms with Gasteiger partial charge >= 0.3 is 0 Å². The van der Waals surface area contributed by atoms with Crippen molar-refractivity contribution in [2.45, 2.75) is 20.3 Å². The predicted octanol–water partition coefficient (Wildman–Crippen LogP) is 0.594. The van der Waals surface area contributed by atoms with Crippen molar-refractivity contribution in [3.05, 3.63) is 17.6 Å². The Morgan fingerprint density at radius 3 is 2.67 bits per heavy atom. The van der Waals surface area contributed by atoms with Crippen LogP contribution in [0.25, 0.3) is 0 Å². The smallest absolute Gasteiger partial charge is 0.269 e. The summed E-state index contributed by atoms with van der Waals surface area (Å²) in [6, 6.07) is 0. The average Bonchev–Trinajstić information content (AvgIpc) is 2.26. The first kappa shape index (κ1) is 11.4. The van der Waals surface area contributed by atoms with Crippen LogP contribution in [0.2, 0.25) is 0 Å². The van der Waals surface area contributed by atoms with Gasteiger partial charge in [-0.2, -0.15) is 0 Å². The van der Waals surface area contributed by atoms with Gasteiger partial charge in [0.1, 0.15) is 11.5 Å². The predicted molar refractivity (Wildman–Crippen MR) is 58.9 cm³/mol. The molecule has 0 aliphatic rings. The highest BCUT2D eigenvalue weighted by atomic mass is 16.1. The van der Waals surface area contributed by atoms with E-state index in [4.69, 9.17) is 5.73 Å². The van der Waals surface area contributed by atoms with Crippen LogP contribution in [0.1, 0.15) is 30.0 Å². The molecule has 5 nitrogen and oxygen atoms in total. The van der Waals surface area contributed by atoms with Crippen LogP contribution in [0.5, 0.6) is 0 Å². The van der Waals surface area contributed by atoms with Gasteiger partial charge in [0, 0.05) is 13.6 Å². The molecule has 2 N–H and O–H groups in total. The monoisotopic (exact) mass is 208 g/mol. The van der Waals surface area contributed by atoms with E-state index in [0.717, 1.165) is 12.4 Å². The lowest BCUT2D eigenvalue weighted by atomic mass is 10.2. The Morgan fingerprint density at radius 1 is 1.53 bits per heavy atom. The van der Waals surface area contributed by atoms with Crippen LogP contribution in [-0.2, 0) is 6.42 Å². The highest BCUT2D eigenvalue weighted by Crippen LogP contribution is 2.11. The van der Waals surface area contributed by atoms with Crippen molar-refractivity contribution in [1.82, 2.24) is 9.97 Å². The third-order valence-corrected chi connectivity index (χ3v) is 2.27. The van der Waals surface area contributed by atoms with Gasteiger partial charge in [-0.3, -0.25) is 4.79 Å². The SMILES string of the molecule is CCc1nc(N(C)CC)cnc1C(N)=O. The Kier molecular flexibility index (Phi) is 3.60. The average molecular weight is 208 g/mol. The second-order valence-corrected chi connectivity index (χ2v) is 3.26. The molecule has 0 aliphatic heterocycles.